The molecule has 0 saturated carbocycles. The van der Waals surface area contributed by atoms with Gasteiger partial charge in [-0.1, -0.05) is 0 Å². The number of rotatable bonds is 3. The van der Waals surface area contributed by atoms with E-state index in [4.69, 9.17) is 9.84 Å². The van der Waals surface area contributed by atoms with Gasteiger partial charge in [-0.3, -0.25) is 9.59 Å². The summed E-state index contributed by atoms with van der Waals surface area (Å²) in [5, 5.41) is 13.9. The Balaban J connectivity index is 1.87. The number of carboxylic acids is 1. The third kappa shape index (κ3) is 2.87. The first kappa shape index (κ1) is 15.0. The molecule has 1 aliphatic heterocycles. The van der Waals surface area contributed by atoms with Crippen LogP contribution >= 0.6 is 0 Å². The second-order valence-corrected chi connectivity index (χ2v) is 5.24. The minimum absolute atomic E-state index is 0.0532. The molecule has 8 heteroatoms. The zero-order valence-electron chi connectivity index (χ0n) is 11.9. The summed E-state index contributed by atoms with van der Waals surface area (Å²) in [7, 11) is 0. The highest BCUT2D eigenvalue weighted by Gasteiger charge is 2.26. The predicted octanol–water partition coefficient (Wildman–Crippen LogP) is 1.66. The number of anilines is 2. The van der Waals surface area contributed by atoms with E-state index in [1.807, 2.05) is 0 Å². The second-order valence-electron chi connectivity index (χ2n) is 5.24. The van der Waals surface area contributed by atoms with Crippen LogP contribution in [0.5, 0.6) is 5.75 Å². The maximum Gasteiger partial charge on any atom is 0.332 e. The summed E-state index contributed by atoms with van der Waals surface area (Å²) in [4.78, 5) is 34.6. The van der Waals surface area contributed by atoms with Gasteiger partial charge in [0.05, 0.1) is 11.4 Å². The van der Waals surface area contributed by atoms with Crippen molar-refractivity contribution in [2.75, 3.05) is 17.2 Å². The Hall–Kier alpha value is -2.90. The molecule has 0 saturated heterocycles. The molecule has 2 aliphatic rings. The van der Waals surface area contributed by atoms with Crippen LogP contribution in [0.2, 0.25) is 0 Å². The predicted molar refractivity (Wildman–Crippen MR) is 77.7 cm³/mol. The van der Waals surface area contributed by atoms with Gasteiger partial charge in [0.15, 0.2) is 12.4 Å². The molecule has 0 aromatic heterocycles. The molecular formula is C15H13FN2O5. The van der Waals surface area contributed by atoms with Crippen LogP contribution in [0.3, 0.4) is 0 Å². The highest BCUT2D eigenvalue weighted by Crippen LogP contribution is 2.34. The number of hydrogen-bond acceptors (Lipinski definition) is 4. The molecule has 1 aromatic carbocycles. The average molecular weight is 320 g/mol. The fourth-order valence-electron chi connectivity index (χ4n) is 2.63. The molecule has 0 unspecified atom stereocenters. The number of hydrogen-bond donors (Lipinski definition) is 3. The Morgan fingerprint density at radius 1 is 1.26 bits per heavy atom. The third-order valence-electron chi connectivity index (χ3n) is 3.70. The molecule has 3 rings (SSSR count). The molecule has 1 aromatic rings. The molecule has 1 aliphatic carbocycles. The molecule has 0 spiro atoms. The maximum absolute atomic E-state index is 14.0. The molecule has 3 N–H and O–H groups in total. The lowest BCUT2D eigenvalue weighted by Gasteiger charge is -2.19. The van der Waals surface area contributed by atoms with Crippen LogP contribution in [0.1, 0.15) is 19.3 Å². The van der Waals surface area contributed by atoms with Crippen molar-refractivity contribution in [3.63, 3.8) is 0 Å². The van der Waals surface area contributed by atoms with Gasteiger partial charge in [0, 0.05) is 17.2 Å². The molecule has 0 radical (unpaired) electrons. The summed E-state index contributed by atoms with van der Waals surface area (Å²) >= 11 is 0. The number of fused-ring (bicyclic) bond motifs is 1. The van der Waals surface area contributed by atoms with Gasteiger partial charge in [0.1, 0.15) is 5.75 Å². The molecule has 0 bridgehead atoms. The van der Waals surface area contributed by atoms with E-state index in [2.05, 4.69) is 10.6 Å². The zero-order chi connectivity index (χ0) is 16.6. The molecule has 120 valence electrons. The first-order valence-electron chi connectivity index (χ1n) is 6.98. The van der Waals surface area contributed by atoms with Crippen molar-refractivity contribution in [2.45, 2.75) is 19.3 Å². The first-order valence-corrected chi connectivity index (χ1v) is 6.98. The Kier molecular flexibility index (Phi) is 3.73. The zero-order valence-corrected chi connectivity index (χ0v) is 11.9. The summed E-state index contributed by atoms with van der Waals surface area (Å²) < 4.78 is 19.1. The maximum atomic E-state index is 14.0. The van der Waals surface area contributed by atoms with Crippen LogP contribution < -0.4 is 15.4 Å². The van der Waals surface area contributed by atoms with Crippen molar-refractivity contribution in [1.82, 2.24) is 0 Å². The highest BCUT2D eigenvalue weighted by atomic mass is 19.1. The van der Waals surface area contributed by atoms with E-state index in [9.17, 15) is 18.8 Å². The summed E-state index contributed by atoms with van der Waals surface area (Å²) in [5.41, 5.74) is 0.299. The van der Waals surface area contributed by atoms with Crippen LogP contribution in [0, 0.1) is 5.82 Å². The fourth-order valence-corrected chi connectivity index (χ4v) is 2.63. The van der Waals surface area contributed by atoms with Gasteiger partial charge in [-0.2, -0.15) is 0 Å². The first-order chi connectivity index (χ1) is 11.0. The van der Waals surface area contributed by atoms with Crippen molar-refractivity contribution in [1.29, 1.82) is 0 Å². The van der Waals surface area contributed by atoms with Gasteiger partial charge in [0.25, 0.3) is 11.8 Å². The molecule has 1 heterocycles. The molecule has 0 fully saturated rings. The van der Waals surface area contributed by atoms with E-state index >= 15 is 0 Å². The van der Waals surface area contributed by atoms with Crippen LogP contribution in [0.15, 0.2) is 23.3 Å². The number of carbonyl (C=O) groups excluding carboxylic acids is 2. The van der Waals surface area contributed by atoms with Crippen molar-refractivity contribution >= 4 is 29.2 Å². The monoisotopic (exact) mass is 320 g/mol. The van der Waals surface area contributed by atoms with Crippen LogP contribution in [0.25, 0.3) is 0 Å². The smallest absolute Gasteiger partial charge is 0.332 e. The van der Waals surface area contributed by atoms with E-state index in [1.54, 1.807) is 0 Å². The number of carboxylic acid groups (broad SMARTS) is 1. The van der Waals surface area contributed by atoms with Gasteiger partial charge in [-0.25, -0.2) is 9.18 Å². The number of carbonyl (C=O) groups is 3. The quantitative estimate of drug-likeness (QED) is 0.785. The number of benzene rings is 1. The largest absolute Gasteiger partial charge is 0.481 e. The van der Waals surface area contributed by atoms with E-state index in [1.165, 1.54) is 6.07 Å². The fraction of sp³-hybridized carbons (Fsp3) is 0.267. The highest BCUT2D eigenvalue weighted by molar-refractivity contribution is 6.09. The Morgan fingerprint density at radius 3 is 2.74 bits per heavy atom. The summed E-state index contributed by atoms with van der Waals surface area (Å²) in [6.45, 7) is -0.201. The Morgan fingerprint density at radius 2 is 2.00 bits per heavy atom. The van der Waals surface area contributed by atoms with Gasteiger partial charge < -0.3 is 20.5 Å². The lowest BCUT2D eigenvalue weighted by molar-refractivity contribution is -0.133. The van der Waals surface area contributed by atoms with Crippen molar-refractivity contribution in [3.05, 3.63) is 29.1 Å². The van der Waals surface area contributed by atoms with Gasteiger partial charge >= 0.3 is 5.97 Å². The SMILES string of the molecule is O=C1COc2cc(F)c(NC(=O)C3=C(C(=O)O)CCC3)cc2N1. The van der Waals surface area contributed by atoms with E-state index < -0.39 is 17.7 Å². The summed E-state index contributed by atoms with van der Waals surface area (Å²) in [6.07, 6.45) is 1.22. The number of ether oxygens (including phenoxy) is 1. The molecule has 0 atom stereocenters. The number of amides is 2. The Labute approximate surface area is 130 Å². The van der Waals surface area contributed by atoms with Crippen molar-refractivity contribution in [3.8, 4) is 5.75 Å². The minimum atomic E-state index is -1.14. The van der Waals surface area contributed by atoms with E-state index in [0.29, 0.717) is 19.3 Å². The van der Waals surface area contributed by atoms with Crippen LogP contribution in [0.4, 0.5) is 15.8 Å². The Bertz CT molecular complexity index is 756. The lowest BCUT2D eigenvalue weighted by atomic mass is 10.1. The molecule has 7 nitrogen and oxygen atoms in total. The minimum Gasteiger partial charge on any atom is -0.481 e. The molecule has 23 heavy (non-hydrogen) atoms. The van der Waals surface area contributed by atoms with Gasteiger partial charge in [-0.05, 0) is 25.3 Å². The van der Waals surface area contributed by atoms with Gasteiger partial charge in [-0.15, -0.1) is 0 Å². The van der Waals surface area contributed by atoms with Crippen molar-refractivity contribution < 1.29 is 28.6 Å². The van der Waals surface area contributed by atoms with Crippen molar-refractivity contribution in [2.24, 2.45) is 0 Å². The van der Waals surface area contributed by atoms with E-state index in [-0.39, 0.29) is 40.8 Å². The van der Waals surface area contributed by atoms with Crippen LogP contribution in [-0.2, 0) is 14.4 Å². The van der Waals surface area contributed by atoms with Crippen LogP contribution in [-0.4, -0.2) is 29.5 Å². The second kappa shape index (κ2) is 5.71. The summed E-state index contributed by atoms with van der Waals surface area (Å²) in [5.74, 6) is -2.73. The number of halogens is 1. The van der Waals surface area contributed by atoms with E-state index in [0.717, 1.165) is 6.07 Å². The summed E-state index contributed by atoms with van der Waals surface area (Å²) in [6, 6.07) is 2.31. The number of nitrogens with one attached hydrogen (secondary N) is 2. The number of aliphatic carboxylic acids is 1. The third-order valence-corrected chi connectivity index (χ3v) is 3.70. The average Bonchev–Trinajstić information content (AvgIpc) is 2.98. The standard InChI is InChI=1S/C15H13FN2O5/c16-9-4-12-11(17-13(19)6-23-12)5-10(9)18-14(20)7-2-1-3-8(7)15(21)22/h4-5H,1-3,6H2,(H,17,19)(H,18,20)(H,21,22). The normalized spacial score (nSPS) is 16.5. The van der Waals surface area contributed by atoms with Gasteiger partial charge in [0.2, 0.25) is 0 Å². The molecule has 2 amide bonds. The topological polar surface area (TPSA) is 105 Å². The lowest BCUT2D eigenvalue weighted by Crippen LogP contribution is -2.26. The molecular weight excluding hydrogens is 307 g/mol.